The fraction of sp³-hybridized carbons (Fsp3) is 0.320. The molecule has 1 atom stereocenters. The van der Waals surface area contributed by atoms with Crippen molar-refractivity contribution >= 4 is 38.1 Å². The molecule has 1 N–H and O–H groups in total. The lowest BCUT2D eigenvalue weighted by molar-refractivity contribution is -0.114. The van der Waals surface area contributed by atoms with Crippen molar-refractivity contribution in [3.05, 3.63) is 66.2 Å². The minimum absolute atomic E-state index is 0.259. The summed E-state index contributed by atoms with van der Waals surface area (Å²) in [5, 5.41) is 4.38. The van der Waals surface area contributed by atoms with Gasteiger partial charge in [-0.2, -0.15) is 0 Å². The second-order valence-electron chi connectivity index (χ2n) is 8.70. The molecule has 7 heteroatoms. The number of likely N-dealkylation sites (tertiary alicyclic amines) is 1. The number of carbonyl (C=O) groups excluding carboxylic acids is 1. The van der Waals surface area contributed by atoms with Crippen molar-refractivity contribution < 1.29 is 13.2 Å². The number of benzene rings is 3. The summed E-state index contributed by atoms with van der Waals surface area (Å²) in [6.07, 6.45) is 3.79. The lowest BCUT2D eigenvalue weighted by Crippen LogP contribution is -2.36. The number of hydrogen-bond acceptors (Lipinski definition) is 4. The average Bonchev–Trinajstić information content (AvgIpc) is 3.00. The maximum Gasteiger partial charge on any atom is 0.265 e. The Balaban J connectivity index is 1.28. The van der Waals surface area contributed by atoms with Crippen LogP contribution in [-0.2, 0) is 21.4 Å². The quantitative estimate of drug-likeness (QED) is 0.628. The zero-order valence-corrected chi connectivity index (χ0v) is 18.9. The minimum atomic E-state index is -3.75. The first-order valence-corrected chi connectivity index (χ1v) is 12.5. The molecular formula is C25H27N3O3S. The molecule has 0 bridgehead atoms. The number of carbonyl (C=O) groups is 1. The maximum absolute atomic E-state index is 13.1. The summed E-state index contributed by atoms with van der Waals surface area (Å²) in [5.74, 6) is -0.365. The third-order valence-corrected chi connectivity index (χ3v) is 8.33. The normalized spacial score (nSPS) is 19.9. The predicted molar refractivity (Wildman–Crippen MR) is 127 cm³/mol. The van der Waals surface area contributed by atoms with E-state index in [0.29, 0.717) is 22.8 Å². The van der Waals surface area contributed by atoms with Gasteiger partial charge in [0.2, 0.25) is 5.91 Å². The number of nitrogens with zero attached hydrogens (tertiary/aromatic N) is 2. The first-order chi connectivity index (χ1) is 15.4. The molecule has 1 unspecified atom stereocenters. The molecule has 2 heterocycles. The van der Waals surface area contributed by atoms with Crippen LogP contribution >= 0.6 is 0 Å². The fourth-order valence-corrected chi connectivity index (χ4v) is 6.45. The van der Waals surface area contributed by atoms with Crippen LogP contribution in [0.2, 0.25) is 0 Å². The minimum Gasteiger partial charge on any atom is -0.325 e. The summed E-state index contributed by atoms with van der Waals surface area (Å²) in [7, 11) is -3.75. The van der Waals surface area contributed by atoms with Gasteiger partial charge < -0.3 is 5.32 Å². The Morgan fingerprint density at radius 2 is 1.78 bits per heavy atom. The first kappa shape index (κ1) is 21.0. The molecule has 5 rings (SSSR count). The van der Waals surface area contributed by atoms with Crippen LogP contribution in [0.5, 0.6) is 0 Å². The molecule has 2 aliphatic heterocycles. The Bertz CT molecular complexity index is 1270. The van der Waals surface area contributed by atoms with Gasteiger partial charge in [0, 0.05) is 23.7 Å². The van der Waals surface area contributed by atoms with Crippen molar-refractivity contribution in [2.45, 2.75) is 43.7 Å². The van der Waals surface area contributed by atoms with E-state index < -0.39 is 10.0 Å². The Morgan fingerprint density at radius 3 is 2.53 bits per heavy atom. The molecule has 3 aromatic rings. The standard InChI is InChI=1S/C25H27N3O3S/c1-18-6-2-3-15-27(18)16-19-11-13-21(14-12-19)26-24(29)17-28-22-9-4-7-20-8-5-10-23(25(20)22)32(28,30)31/h4-5,7-14,18H,2-3,6,15-17H2,1H3,(H,26,29). The summed E-state index contributed by atoms with van der Waals surface area (Å²) in [6, 6.07) is 19.1. The van der Waals surface area contributed by atoms with Gasteiger partial charge in [0.05, 0.1) is 10.6 Å². The molecule has 1 saturated heterocycles. The highest BCUT2D eigenvalue weighted by Gasteiger charge is 2.36. The van der Waals surface area contributed by atoms with Gasteiger partial charge in [0.25, 0.3) is 10.0 Å². The average molecular weight is 450 g/mol. The molecule has 32 heavy (non-hydrogen) atoms. The van der Waals surface area contributed by atoms with Crippen LogP contribution in [0.15, 0.2) is 65.6 Å². The molecule has 0 aromatic heterocycles. The van der Waals surface area contributed by atoms with E-state index in [0.717, 1.165) is 18.5 Å². The van der Waals surface area contributed by atoms with Gasteiger partial charge in [0.15, 0.2) is 0 Å². The molecule has 1 amide bonds. The lowest BCUT2D eigenvalue weighted by Gasteiger charge is -2.33. The van der Waals surface area contributed by atoms with Crippen LogP contribution < -0.4 is 9.62 Å². The third-order valence-electron chi connectivity index (χ3n) is 6.53. The van der Waals surface area contributed by atoms with Crippen LogP contribution in [0.1, 0.15) is 31.7 Å². The number of anilines is 2. The van der Waals surface area contributed by atoms with Crippen LogP contribution in [0, 0.1) is 0 Å². The van der Waals surface area contributed by atoms with Gasteiger partial charge in [-0.1, -0.05) is 42.8 Å². The van der Waals surface area contributed by atoms with Crippen LogP contribution in [0.25, 0.3) is 10.8 Å². The van der Waals surface area contributed by atoms with Gasteiger partial charge in [-0.05, 0) is 61.5 Å². The molecule has 0 aliphatic carbocycles. The van der Waals surface area contributed by atoms with E-state index in [1.54, 1.807) is 18.2 Å². The Kier molecular flexibility index (Phi) is 5.39. The van der Waals surface area contributed by atoms with Gasteiger partial charge >= 0.3 is 0 Å². The third kappa shape index (κ3) is 3.76. The number of sulfonamides is 1. The van der Waals surface area contributed by atoms with E-state index in [4.69, 9.17) is 0 Å². The van der Waals surface area contributed by atoms with Gasteiger partial charge in [-0.25, -0.2) is 8.42 Å². The highest BCUT2D eigenvalue weighted by Crippen LogP contribution is 2.41. The van der Waals surface area contributed by atoms with Gasteiger partial charge in [-0.3, -0.25) is 14.0 Å². The highest BCUT2D eigenvalue weighted by molar-refractivity contribution is 7.93. The number of amides is 1. The number of nitrogens with one attached hydrogen (secondary N) is 1. The maximum atomic E-state index is 13.1. The molecule has 0 saturated carbocycles. The Labute approximate surface area is 188 Å². The summed E-state index contributed by atoms with van der Waals surface area (Å²) in [4.78, 5) is 15.5. The second-order valence-corrected chi connectivity index (χ2v) is 10.5. The monoisotopic (exact) mass is 449 g/mol. The summed E-state index contributed by atoms with van der Waals surface area (Å²) >= 11 is 0. The van der Waals surface area contributed by atoms with E-state index in [1.165, 1.54) is 29.1 Å². The van der Waals surface area contributed by atoms with E-state index in [2.05, 4.69) is 17.1 Å². The van der Waals surface area contributed by atoms with Crippen molar-refractivity contribution in [2.24, 2.45) is 0 Å². The SMILES string of the molecule is CC1CCCCN1Cc1ccc(NC(=O)CN2c3cccc4cccc(c34)S2(=O)=O)cc1. The molecule has 2 aliphatic rings. The topological polar surface area (TPSA) is 69.7 Å². The molecule has 1 fully saturated rings. The highest BCUT2D eigenvalue weighted by atomic mass is 32.2. The largest absolute Gasteiger partial charge is 0.325 e. The number of rotatable bonds is 5. The summed E-state index contributed by atoms with van der Waals surface area (Å²) in [5.41, 5.74) is 2.43. The fourth-order valence-electron chi connectivity index (χ4n) is 4.78. The van der Waals surface area contributed by atoms with Crippen LogP contribution in [0.4, 0.5) is 11.4 Å². The van der Waals surface area contributed by atoms with Crippen molar-refractivity contribution in [2.75, 3.05) is 22.7 Å². The molecule has 6 nitrogen and oxygen atoms in total. The lowest BCUT2D eigenvalue weighted by atomic mass is 10.0. The zero-order chi connectivity index (χ0) is 22.3. The van der Waals surface area contributed by atoms with Crippen molar-refractivity contribution in [1.82, 2.24) is 4.90 Å². The molecular weight excluding hydrogens is 422 g/mol. The molecule has 166 valence electrons. The molecule has 0 spiro atoms. The summed E-state index contributed by atoms with van der Waals surface area (Å²) in [6.45, 7) is 4.05. The molecule has 0 radical (unpaired) electrons. The van der Waals surface area contributed by atoms with Crippen molar-refractivity contribution in [3.63, 3.8) is 0 Å². The van der Waals surface area contributed by atoms with Gasteiger partial charge in [0.1, 0.15) is 6.54 Å². The van der Waals surface area contributed by atoms with E-state index >= 15 is 0 Å². The van der Waals surface area contributed by atoms with Gasteiger partial charge in [-0.15, -0.1) is 0 Å². The van der Waals surface area contributed by atoms with Crippen molar-refractivity contribution in [1.29, 1.82) is 0 Å². The predicted octanol–water partition coefficient (Wildman–Crippen LogP) is 4.36. The Morgan fingerprint density at radius 1 is 1.03 bits per heavy atom. The zero-order valence-electron chi connectivity index (χ0n) is 18.1. The Hall–Kier alpha value is -2.90. The number of piperidine rings is 1. The van der Waals surface area contributed by atoms with Crippen molar-refractivity contribution in [3.8, 4) is 0 Å². The summed E-state index contributed by atoms with van der Waals surface area (Å²) < 4.78 is 27.3. The number of hydrogen-bond donors (Lipinski definition) is 1. The van der Waals surface area contributed by atoms with Crippen LogP contribution in [-0.4, -0.2) is 38.4 Å². The second kappa shape index (κ2) is 8.22. The smallest absolute Gasteiger partial charge is 0.265 e. The first-order valence-electron chi connectivity index (χ1n) is 11.1. The van der Waals surface area contributed by atoms with E-state index in [-0.39, 0.29) is 17.3 Å². The van der Waals surface area contributed by atoms with E-state index in [9.17, 15) is 13.2 Å². The van der Waals surface area contributed by atoms with Crippen LogP contribution in [0.3, 0.4) is 0 Å². The van der Waals surface area contributed by atoms with E-state index in [1.807, 2.05) is 42.5 Å². The molecule has 3 aromatic carbocycles.